The third-order valence-electron chi connectivity index (χ3n) is 13.4. The SMILES string of the molecule is CC(c1ccc2c(c1)C(C)(C)c1cc(CCC(Cc3ccccc3)c3ccccc3)c3ccccc3c1-2)C(Cc1ccccc1)c1cccc2sc3ccccc3c12. The van der Waals surface area contributed by atoms with Gasteiger partial charge >= 0.3 is 0 Å². The third-order valence-corrected chi connectivity index (χ3v) is 14.5. The molecule has 8 aromatic carbocycles. The van der Waals surface area contributed by atoms with Crippen LogP contribution in [0.4, 0.5) is 0 Å². The van der Waals surface area contributed by atoms with E-state index in [2.05, 4.69) is 203 Å². The first-order valence-electron chi connectivity index (χ1n) is 21.2. The van der Waals surface area contributed by atoms with E-state index in [4.69, 9.17) is 0 Å². The van der Waals surface area contributed by atoms with E-state index in [9.17, 15) is 0 Å². The summed E-state index contributed by atoms with van der Waals surface area (Å²) >= 11 is 1.92. The van der Waals surface area contributed by atoms with Crippen LogP contribution in [-0.2, 0) is 24.7 Å². The Bertz CT molecular complexity index is 2880. The average Bonchev–Trinajstić information content (AvgIpc) is 3.76. The van der Waals surface area contributed by atoms with Crippen LogP contribution >= 0.6 is 11.3 Å². The van der Waals surface area contributed by atoms with Gasteiger partial charge in [-0.25, -0.2) is 0 Å². The minimum atomic E-state index is -0.124. The van der Waals surface area contributed by atoms with Gasteiger partial charge in [0.05, 0.1) is 0 Å². The van der Waals surface area contributed by atoms with Gasteiger partial charge in [-0.15, -0.1) is 11.3 Å². The lowest BCUT2D eigenvalue weighted by molar-refractivity contribution is 0.573. The van der Waals surface area contributed by atoms with Crippen LogP contribution in [0.2, 0.25) is 0 Å². The number of benzene rings is 8. The van der Waals surface area contributed by atoms with Crippen LogP contribution in [0.25, 0.3) is 42.1 Å². The van der Waals surface area contributed by atoms with Crippen LogP contribution in [0.15, 0.2) is 182 Å². The predicted molar refractivity (Wildman–Crippen MR) is 250 cm³/mol. The summed E-state index contributed by atoms with van der Waals surface area (Å²) in [6, 6.07) is 68.6. The first-order chi connectivity index (χ1) is 28.4. The molecule has 3 unspecified atom stereocenters. The molecule has 10 rings (SSSR count). The maximum absolute atomic E-state index is 2.59. The number of rotatable bonds is 11. The Morgan fingerprint density at radius 1 is 0.517 bits per heavy atom. The Morgan fingerprint density at radius 2 is 1.14 bits per heavy atom. The number of fused-ring (bicyclic) bond motifs is 8. The zero-order chi connectivity index (χ0) is 39.2. The average molecular weight is 767 g/mol. The van der Waals surface area contributed by atoms with Gasteiger partial charge in [-0.1, -0.05) is 191 Å². The molecular formula is C57H50S. The molecule has 0 saturated carbocycles. The lowest BCUT2D eigenvalue weighted by Gasteiger charge is -2.28. The zero-order valence-corrected chi connectivity index (χ0v) is 34.6. The highest BCUT2D eigenvalue weighted by molar-refractivity contribution is 7.25. The monoisotopic (exact) mass is 766 g/mol. The van der Waals surface area contributed by atoms with Gasteiger partial charge in [0.1, 0.15) is 0 Å². The minimum Gasteiger partial charge on any atom is -0.135 e. The molecule has 1 heteroatoms. The van der Waals surface area contributed by atoms with E-state index in [-0.39, 0.29) is 5.41 Å². The van der Waals surface area contributed by atoms with Crippen molar-refractivity contribution >= 4 is 42.3 Å². The van der Waals surface area contributed by atoms with Crippen molar-refractivity contribution in [3.05, 3.63) is 226 Å². The van der Waals surface area contributed by atoms with Crippen LogP contribution in [0, 0.1) is 0 Å². The Kier molecular flexibility index (Phi) is 9.59. The molecule has 0 amide bonds. The second-order valence-electron chi connectivity index (χ2n) is 17.2. The van der Waals surface area contributed by atoms with Gasteiger partial charge in [-0.3, -0.25) is 0 Å². The molecule has 0 nitrogen and oxygen atoms in total. The highest BCUT2D eigenvalue weighted by Crippen LogP contribution is 2.54. The predicted octanol–water partition coefficient (Wildman–Crippen LogP) is 15.6. The van der Waals surface area contributed by atoms with Gasteiger partial charge in [0.15, 0.2) is 0 Å². The second kappa shape index (κ2) is 15.2. The van der Waals surface area contributed by atoms with Crippen molar-refractivity contribution in [3.63, 3.8) is 0 Å². The van der Waals surface area contributed by atoms with Gasteiger partial charge in [0, 0.05) is 25.6 Å². The molecule has 0 spiro atoms. The van der Waals surface area contributed by atoms with Crippen molar-refractivity contribution < 1.29 is 0 Å². The van der Waals surface area contributed by atoms with Crippen LogP contribution in [0.5, 0.6) is 0 Å². The van der Waals surface area contributed by atoms with Crippen LogP contribution < -0.4 is 0 Å². The number of aryl methyl sites for hydroxylation is 1. The summed E-state index contributed by atoms with van der Waals surface area (Å²) in [5.74, 6) is 1.07. The van der Waals surface area contributed by atoms with E-state index < -0.39 is 0 Å². The van der Waals surface area contributed by atoms with Crippen molar-refractivity contribution in [2.75, 3.05) is 0 Å². The van der Waals surface area contributed by atoms with Crippen molar-refractivity contribution in [3.8, 4) is 11.1 Å². The standard InChI is InChI=1S/C57H50S/c1-38(50(35-40-20-9-5-10-21-40)47-27-17-29-54-56(47)49-26-15-16-28-53(49)58-54)42-32-33-48-51(36-42)57(2,3)52-37-44(45-24-13-14-25-46(45)55(48)52)31-30-43(41-22-11-6-12-23-41)34-39-18-7-4-8-19-39/h4-29,32-33,36-38,43,50H,30-31,34-35H2,1-3H3. The molecule has 0 saturated heterocycles. The van der Waals surface area contributed by atoms with E-state index >= 15 is 0 Å². The summed E-state index contributed by atoms with van der Waals surface area (Å²) in [5.41, 5.74) is 14.2. The molecule has 9 aromatic rings. The summed E-state index contributed by atoms with van der Waals surface area (Å²) in [6.45, 7) is 7.41. The smallest absolute Gasteiger partial charge is 0.0358 e. The highest BCUT2D eigenvalue weighted by Gasteiger charge is 2.38. The lowest BCUT2D eigenvalue weighted by atomic mass is 9.75. The summed E-state index contributed by atoms with van der Waals surface area (Å²) < 4.78 is 2.75. The van der Waals surface area contributed by atoms with Crippen molar-refractivity contribution in [1.29, 1.82) is 0 Å². The Labute approximate surface area is 347 Å². The molecule has 1 aromatic heterocycles. The Morgan fingerprint density at radius 3 is 1.88 bits per heavy atom. The summed E-state index contributed by atoms with van der Waals surface area (Å²) in [6.07, 6.45) is 4.19. The lowest BCUT2D eigenvalue weighted by Crippen LogP contribution is -2.17. The zero-order valence-electron chi connectivity index (χ0n) is 33.8. The molecule has 284 valence electrons. The first kappa shape index (κ1) is 36.6. The largest absolute Gasteiger partial charge is 0.135 e. The topological polar surface area (TPSA) is 0 Å². The van der Waals surface area contributed by atoms with E-state index in [1.54, 1.807) is 0 Å². The van der Waals surface area contributed by atoms with E-state index in [0.29, 0.717) is 17.8 Å². The van der Waals surface area contributed by atoms with Gasteiger partial charge in [0.2, 0.25) is 0 Å². The second-order valence-corrected chi connectivity index (χ2v) is 18.3. The fraction of sp³-hybridized carbons (Fsp3) is 0.193. The van der Waals surface area contributed by atoms with Crippen LogP contribution in [0.3, 0.4) is 0 Å². The van der Waals surface area contributed by atoms with E-state index in [1.165, 1.54) is 86.6 Å². The van der Waals surface area contributed by atoms with Gasteiger partial charge < -0.3 is 0 Å². The number of hydrogen-bond donors (Lipinski definition) is 0. The summed E-state index contributed by atoms with van der Waals surface area (Å²) in [7, 11) is 0. The molecule has 0 fully saturated rings. The fourth-order valence-electron chi connectivity index (χ4n) is 10.3. The number of thiophene rings is 1. The molecule has 0 aliphatic heterocycles. The first-order valence-corrected chi connectivity index (χ1v) is 22.0. The quantitative estimate of drug-likeness (QED) is 0.123. The molecule has 0 bridgehead atoms. The maximum Gasteiger partial charge on any atom is 0.0358 e. The Balaban J connectivity index is 1.03. The molecule has 0 N–H and O–H groups in total. The number of hydrogen-bond acceptors (Lipinski definition) is 1. The van der Waals surface area contributed by atoms with E-state index in [1.807, 2.05) is 11.3 Å². The van der Waals surface area contributed by atoms with E-state index in [0.717, 1.165) is 25.7 Å². The van der Waals surface area contributed by atoms with Gasteiger partial charge in [-0.2, -0.15) is 0 Å². The molecule has 1 heterocycles. The van der Waals surface area contributed by atoms with Crippen LogP contribution in [0.1, 0.15) is 89.5 Å². The molecule has 1 aliphatic rings. The van der Waals surface area contributed by atoms with Gasteiger partial charge in [-0.05, 0) is 122 Å². The molecule has 58 heavy (non-hydrogen) atoms. The van der Waals surface area contributed by atoms with Crippen LogP contribution in [-0.4, -0.2) is 0 Å². The van der Waals surface area contributed by atoms with Crippen molar-refractivity contribution in [2.24, 2.45) is 0 Å². The summed E-state index contributed by atoms with van der Waals surface area (Å²) in [5, 5.41) is 5.60. The molecular weight excluding hydrogens is 717 g/mol. The maximum atomic E-state index is 2.59. The minimum absolute atomic E-state index is 0.124. The third kappa shape index (κ3) is 6.56. The Hall–Kier alpha value is -5.76. The van der Waals surface area contributed by atoms with Gasteiger partial charge in [0.25, 0.3) is 0 Å². The molecule has 0 radical (unpaired) electrons. The summed E-state index contributed by atoms with van der Waals surface area (Å²) in [4.78, 5) is 0. The fourth-order valence-corrected chi connectivity index (χ4v) is 11.4. The van der Waals surface area contributed by atoms with Crippen molar-refractivity contribution in [1.82, 2.24) is 0 Å². The molecule has 1 aliphatic carbocycles. The highest BCUT2D eigenvalue weighted by atomic mass is 32.1. The van der Waals surface area contributed by atoms with Crippen molar-refractivity contribution in [2.45, 2.75) is 69.6 Å². The molecule has 3 atom stereocenters. The normalized spacial score (nSPS) is 14.7.